The molecule has 0 saturated carbocycles. The van der Waals surface area contributed by atoms with Crippen LogP contribution in [0.15, 0.2) is 45.8 Å². The molecule has 0 unspecified atom stereocenters. The minimum Gasteiger partial charge on any atom is -0.497 e. The number of methoxy groups -OCH3 is 1. The topological polar surface area (TPSA) is 68.5 Å². The summed E-state index contributed by atoms with van der Waals surface area (Å²) in [5.41, 5.74) is 0.237. The Morgan fingerprint density at radius 2 is 2.05 bits per heavy atom. The first kappa shape index (κ1) is 13.4. The molecule has 0 atom stereocenters. The van der Waals surface area contributed by atoms with E-state index in [1.54, 1.807) is 18.2 Å². The van der Waals surface area contributed by atoms with Gasteiger partial charge in [0.25, 0.3) is 5.56 Å². The van der Waals surface area contributed by atoms with Crippen molar-refractivity contribution in [1.82, 2.24) is 4.57 Å². The number of carboxylic acid groups (broad SMARTS) is 1. The molecule has 2 rings (SSSR count). The van der Waals surface area contributed by atoms with Crippen LogP contribution in [0, 0.1) is 0 Å². The molecule has 0 fully saturated rings. The van der Waals surface area contributed by atoms with E-state index in [4.69, 9.17) is 9.84 Å². The third-order valence-corrected chi connectivity index (χ3v) is 3.24. The van der Waals surface area contributed by atoms with Crippen molar-refractivity contribution in [2.75, 3.05) is 7.11 Å². The molecule has 1 aromatic carbocycles. The second kappa shape index (κ2) is 5.27. The maximum Gasteiger partial charge on any atom is 0.337 e. The van der Waals surface area contributed by atoms with E-state index in [0.717, 1.165) is 0 Å². The van der Waals surface area contributed by atoms with Gasteiger partial charge in [0.05, 0.1) is 18.4 Å². The summed E-state index contributed by atoms with van der Waals surface area (Å²) >= 11 is 3.33. The Bertz CT molecular complexity index is 693. The number of benzene rings is 1. The van der Waals surface area contributed by atoms with Gasteiger partial charge in [0, 0.05) is 22.8 Å². The summed E-state index contributed by atoms with van der Waals surface area (Å²) in [5.74, 6) is -0.515. The summed E-state index contributed by atoms with van der Waals surface area (Å²) in [6, 6.07) is 7.61. The molecule has 0 aliphatic rings. The first-order valence-electron chi connectivity index (χ1n) is 5.33. The molecule has 19 heavy (non-hydrogen) atoms. The summed E-state index contributed by atoms with van der Waals surface area (Å²) < 4.78 is 7.02. The van der Waals surface area contributed by atoms with Gasteiger partial charge in [-0.3, -0.25) is 9.36 Å². The quantitative estimate of drug-likeness (QED) is 0.941. The molecule has 1 heterocycles. The number of rotatable bonds is 3. The summed E-state index contributed by atoms with van der Waals surface area (Å²) in [6.45, 7) is 0. The number of ether oxygens (including phenoxy) is 1. The molecule has 1 N–H and O–H groups in total. The monoisotopic (exact) mass is 323 g/mol. The van der Waals surface area contributed by atoms with Gasteiger partial charge >= 0.3 is 5.97 Å². The van der Waals surface area contributed by atoms with Gasteiger partial charge in [-0.05, 0) is 34.1 Å². The molecular weight excluding hydrogens is 314 g/mol. The molecule has 5 nitrogen and oxygen atoms in total. The number of aromatic carboxylic acids is 1. The van der Waals surface area contributed by atoms with Gasteiger partial charge < -0.3 is 9.84 Å². The maximum atomic E-state index is 11.9. The van der Waals surface area contributed by atoms with Crippen LogP contribution in [0.5, 0.6) is 5.75 Å². The number of nitrogens with zero attached hydrogens (tertiary/aromatic N) is 1. The van der Waals surface area contributed by atoms with Crippen LogP contribution in [0.4, 0.5) is 0 Å². The van der Waals surface area contributed by atoms with Crippen LogP contribution in [0.2, 0.25) is 0 Å². The van der Waals surface area contributed by atoms with Crippen molar-refractivity contribution < 1.29 is 14.6 Å². The van der Waals surface area contributed by atoms with E-state index in [-0.39, 0.29) is 11.1 Å². The lowest BCUT2D eigenvalue weighted by atomic mass is 10.2. The second-order valence-electron chi connectivity index (χ2n) is 3.75. The number of carbonyl (C=O) groups is 1. The van der Waals surface area contributed by atoms with E-state index < -0.39 is 5.97 Å². The number of aromatic nitrogens is 1. The molecule has 0 radical (unpaired) electrons. The van der Waals surface area contributed by atoms with E-state index >= 15 is 0 Å². The molecule has 0 spiro atoms. The Morgan fingerprint density at radius 3 is 2.68 bits per heavy atom. The van der Waals surface area contributed by atoms with Gasteiger partial charge in [-0.2, -0.15) is 0 Å². The molecule has 0 saturated heterocycles. The highest BCUT2D eigenvalue weighted by molar-refractivity contribution is 9.10. The third kappa shape index (κ3) is 2.68. The predicted molar refractivity (Wildman–Crippen MR) is 73.3 cm³/mol. The highest BCUT2D eigenvalue weighted by Gasteiger charge is 2.10. The van der Waals surface area contributed by atoms with E-state index in [0.29, 0.717) is 15.9 Å². The average Bonchev–Trinajstić information content (AvgIpc) is 2.40. The Labute approximate surface area is 117 Å². The number of carboxylic acids is 1. The Kier molecular flexibility index (Phi) is 3.71. The normalized spacial score (nSPS) is 10.2. The van der Waals surface area contributed by atoms with Gasteiger partial charge in [-0.25, -0.2) is 4.79 Å². The summed E-state index contributed by atoms with van der Waals surface area (Å²) in [5, 5.41) is 8.97. The number of halogens is 1. The highest BCUT2D eigenvalue weighted by Crippen LogP contribution is 2.25. The number of hydrogen-bond donors (Lipinski definition) is 1. The van der Waals surface area contributed by atoms with Crippen molar-refractivity contribution in [2.24, 2.45) is 0 Å². The van der Waals surface area contributed by atoms with E-state index in [9.17, 15) is 9.59 Å². The molecular formula is C13H10BrNO4. The van der Waals surface area contributed by atoms with Gasteiger partial charge in [0.15, 0.2) is 0 Å². The zero-order chi connectivity index (χ0) is 14.0. The molecule has 0 aliphatic heterocycles. The smallest absolute Gasteiger partial charge is 0.337 e. The molecule has 0 amide bonds. The number of pyridine rings is 1. The van der Waals surface area contributed by atoms with Gasteiger partial charge in [0.2, 0.25) is 0 Å². The van der Waals surface area contributed by atoms with Gasteiger partial charge in [-0.15, -0.1) is 0 Å². The highest BCUT2D eigenvalue weighted by atomic mass is 79.9. The summed E-state index contributed by atoms with van der Waals surface area (Å²) in [6.07, 6.45) is 1.28. The Hall–Kier alpha value is -2.08. The fourth-order valence-electron chi connectivity index (χ4n) is 1.61. The zero-order valence-electron chi connectivity index (χ0n) is 9.96. The average molecular weight is 324 g/mol. The van der Waals surface area contributed by atoms with Gasteiger partial charge in [-0.1, -0.05) is 0 Å². The van der Waals surface area contributed by atoms with Crippen molar-refractivity contribution in [3.8, 4) is 11.4 Å². The van der Waals surface area contributed by atoms with Gasteiger partial charge in [0.1, 0.15) is 5.75 Å². The SMILES string of the molecule is COc1ccc(Br)c(-n2cc(C(=O)O)ccc2=O)c1. The minimum atomic E-state index is -1.09. The molecule has 1 aromatic heterocycles. The lowest BCUT2D eigenvalue weighted by Crippen LogP contribution is -2.18. The fraction of sp³-hybridized carbons (Fsp3) is 0.0769. The van der Waals surface area contributed by atoms with Crippen LogP contribution in [0.25, 0.3) is 5.69 Å². The van der Waals surface area contributed by atoms with Crippen LogP contribution in [-0.2, 0) is 0 Å². The maximum absolute atomic E-state index is 11.9. The largest absolute Gasteiger partial charge is 0.497 e. The molecule has 6 heteroatoms. The first-order valence-corrected chi connectivity index (χ1v) is 6.12. The zero-order valence-corrected chi connectivity index (χ0v) is 11.5. The van der Waals surface area contributed by atoms with Crippen LogP contribution < -0.4 is 10.3 Å². The first-order chi connectivity index (χ1) is 9.02. The molecule has 0 bridgehead atoms. The minimum absolute atomic E-state index is 0.0364. The predicted octanol–water partition coefficient (Wildman–Crippen LogP) is 2.31. The van der Waals surface area contributed by atoms with Crippen LogP contribution in [0.3, 0.4) is 0 Å². The Balaban J connectivity index is 2.67. The third-order valence-electron chi connectivity index (χ3n) is 2.57. The van der Waals surface area contributed by atoms with Crippen molar-refractivity contribution in [3.63, 3.8) is 0 Å². The lowest BCUT2D eigenvalue weighted by molar-refractivity contribution is 0.0696. The second-order valence-corrected chi connectivity index (χ2v) is 4.60. The van der Waals surface area contributed by atoms with E-state index in [1.807, 2.05) is 0 Å². The number of hydrogen-bond acceptors (Lipinski definition) is 3. The molecule has 98 valence electrons. The summed E-state index contributed by atoms with van der Waals surface area (Å²) in [7, 11) is 1.52. The van der Waals surface area contributed by atoms with Crippen LogP contribution in [0.1, 0.15) is 10.4 Å². The van der Waals surface area contributed by atoms with Crippen molar-refractivity contribution in [1.29, 1.82) is 0 Å². The van der Waals surface area contributed by atoms with Crippen molar-refractivity contribution in [3.05, 3.63) is 56.9 Å². The standard InChI is InChI=1S/C13H10BrNO4/c1-19-9-3-4-10(14)11(6-9)15-7-8(13(17)18)2-5-12(15)16/h2-7H,1H3,(H,17,18). The molecule has 0 aliphatic carbocycles. The van der Waals surface area contributed by atoms with Crippen LogP contribution in [-0.4, -0.2) is 22.8 Å². The summed E-state index contributed by atoms with van der Waals surface area (Å²) in [4.78, 5) is 22.8. The van der Waals surface area contributed by atoms with E-state index in [2.05, 4.69) is 15.9 Å². The van der Waals surface area contributed by atoms with E-state index in [1.165, 1.54) is 30.0 Å². The van der Waals surface area contributed by atoms with Crippen molar-refractivity contribution >= 4 is 21.9 Å². The fourth-order valence-corrected chi connectivity index (χ4v) is 2.04. The lowest BCUT2D eigenvalue weighted by Gasteiger charge is -2.10. The molecule has 2 aromatic rings. The Morgan fingerprint density at radius 1 is 1.32 bits per heavy atom. The van der Waals surface area contributed by atoms with Crippen molar-refractivity contribution in [2.45, 2.75) is 0 Å². The van der Waals surface area contributed by atoms with Crippen LogP contribution >= 0.6 is 15.9 Å².